The zero-order valence-corrected chi connectivity index (χ0v) is 12.7. The second-order valence-corrected chi connectivity index (χ2v) is 6.49. The van der Waals surface area contributed by atoms with E-state index >= 15 is 0 Å². The summed E-state index contributed by atoms with van der Waals surface area (Å²) in [4.78, 5) is 12.3. The van der Waals surface area contributed by atoms with Crippen LogP contribution in [-0.4, -0.2) is 25.1 Å². The van der Waals surface area contributed by atoms with Gasteiger partial charge in [0.2, 0.25) is 5.91 Å². The number of hydrogen-bond acceptors (Lipinski definition) is 3. The van der Waals surface area contributed by atoms with Crippen LogP contribution in [0.1, 0.15) is 39.0 Å². The summed E-state index contributed by atoms with van der Waals surface area (Å²) in [6.07, 6.45) is 6.11. The molecule has 1 aliphatic heterocycles. The van der Waals surface area contributed by atoms with Crippen molar-refractivity contribution >= 4 is 11.6 Å². The van der Waals surface area contributed by atoms with Crippen LogP contribution in [0.25, 0.3) is 0 Å². The summed E-state index contributed by atoms with van der Waals surface area (Å²) in [5, 5.41) is 6.26. The van der Waals surface area contributed by atoms with E-state index in [0.717, 1.165) is 43.8 Å². The lowest BCUT2D eigenvalue weighted by molar-refractivity contribution is -0.123. The molecular weight excluding hydrogens is 264 g/mol. The molecule has 0 bridgehead atoms. The number of nitrogens with one attached hydrogen (secondary N) is 2. The third-order valence-corrected chi connectivity index (χ3v) is 4.63. The van der Waals surface area contributed by atoms with E-state index in [4.69, 9.17) is 4.74 Å². The largest absolute Gasteiger partial charge is 0.490 e. The molecule has 1 aromatic carbocycles. The molecule has 3 rings (SSSR count). The molecule has 1 unspecified atom stereocenters. The van der Waals surface area contributed by atoms with Crippen LogP contribution in [0.15, 0.2) is 24.3 Å². The number of carbonyl (C=O) groups excluding carboxylic acids is 1. The van der Waals surface area contributed by atoms with Gasteiger partial charge in [0.15, 0.2) is 0 Å². The van der Waals surface area contributed by atoms with E-state index in [2.05, 4.69) is 10.6 Å². The van der Waals surface area contributed by atoms with E-state index < -0.39 is 0 Å². The van der Waals surface area contributed by atoms with Crippen LogP contribution >= 0.6 is 0 Å². The molecule has 114 valence electrons. The number of anilines is 1. The highest BCUT2D eigenvalue weighted by Crippen LogP contribution is 2.28. The van der Waals surface area contributed by atoms with E-state index in [9.17, 15) is 4.79 Å². The molecule has 1 saturated carbocycles. The molecule has 1 amide bonds. The van der Waals surface area contributed by atoms with E-state index in [1.54, 1.807) is 0 Å². The Balaban J connectivity index is 1.57. The summed E-state index contributed by atoms with van der Waals surface area (Å²) in [5.41, 5.74) is 0.547. The molecule has 1 atom stereocenters. The maximum atomic E-state index is 12.3. The van der Waals surface area contributed by atoms with Crippen molar-refractivity contribution < 1.29 is 9.53 Å². The molecule has 21 heavy (non-hydrogen) atoms. The minimum absolute atomic E-state index is 0.0944. The fraction of sp³-hybridized carbons (Fsp3) is 0.588. The Morgan fingerprint density at radius 1 is 1.29 bits per heavy atom. The molecule has 4 heteroatoms. The van der Waals surface area contributed by atoms with Gasteiger partial charge in [-0.3, -0.25) is 4.79 Å². The minimum Gasteiger partial charge on any atom is -0.490 e. The van der Waals surface area contributed by atoms with Gasteiger partial charge in [-0.05, 0) is 69.8 Å². The van der Waals surface area contributed by atoms with Gasteiger partial charge < -0.3 is 15.4 Å². The Bertz CT molecular complexity index is 486. The molecule has 0 spiro atoms. The first-order valence-corrected chi connectivity index (χ1v) is 7.95. The molecule has 4 nitrogen and oxygen atoms in total. The second-order valence-electron chi connectivity index (χ2n) is 6.49. The van der Waals surface area contributed by atoms with Crippen LogP contribution in [0.4, 0.5) is 5.69 Å². The highest BCUT2D eigenvalue weighted by Gasteiger charge is 2.36. The molecule has 1 aromatic rings. The molecule has 0 aromatic heterocycles. The predicted octanol–water partition coefficient (Wildman–Crippen LogP) is 2.95. The molecule has 1 heterocycles. The molecule has 1 aliphatic carbocycles. The highest BCUT2D eigenvalue weighted by atomic mass is 16.5. The average molecular weight is 288 g/mol. The maximum absolute atomic E-state index is 12.3. The van der Waals surface area contributed by atoms with Crippen molar-refractivity contribution in [2.45, 2.75) is 45.1 Å². The van der Waals surface area contributed by atoms with Crippen molar-refractivity contribution in [1.82, 2.24) is 5.32 Å². The normalized spacial score (nSPS) is 26.0. The van der Waals surface area contributed by atoms with Crippen molar-refractivity contribution in [1.29, 1.82) is 0 Å². The maximum Gasteiger partial charge on any atom is 0.231 e. The van der Waals surface area contributed by atoms with E-state index in [1.165, 1.54) is 12.8 Å². The number of amides is 1. The van der Waals surface area contributed by atoms with Crippen LogP contribution in [0.5, 0.6) is 5.75 Å². The topological polar surface area (TPSA) is 50.4 Å². The van der Waals surface area contributed by atoms with Crippen LogP contribution in [0.3, 0.4) is 0 Å². The summed E-state index contributed by atoms with van der Waals surface area (Å²) in [5.74, 6) is 0.991. The first-order chi connectivity index (χ1) is 10.2. The summed E-state index contributed by atoms with van der Waals surface area (Å²) < 4.78 is 5.93. The van der Waals surface area contributed by atoms with Gasteiger partial charge in [-0.1, -0.05) is 0 Å². The van der Waals surface area contributed by atoms with E-state index in [-0.39, 0.29) is 11.3 Å². The standard InChI is InChI=1S/C17H24N2O2/c1-17(10-11-18-12-17)16(20)19-13-6-8-15(9-7-13)21-14-4-2-3-5-14/h6-9,14,18H,2-5,10-12H2,1H3,(H,19,20). The van der Waals surface area contributed by atoms with Crippen molar-refractivity contribution in [2.75, 3.05) is 18.4 Å². The van der Waals surface area contributed by atoms with Crippen molar-refractivity contribution in [3.05, 3.63) is 24.3 Å². The average Bonchev–Trinajstić information content (AvgIpc) is 3.13. The monoisotopic (exact) mass is 288 g/mol. The number of ether oxygens (including phenoxy) is 1. The zero-order valence-electron chi connectivity index (χ0n) is 12.7. The summed E-state index contributed by atoms with van der Waals surface area (Å²) in [6, 6.07) is 7.74. The molecule has 0 radical (unpaired) electrons. The Morgan fingerprint density at radius 3 is 2.62 bits per heavy atom. The van der Waals surface area contributed by atoms with Gasteiger partial charge in [-0.15, -0.1) is 0 Å². The number of rotatable bonds is 4. The third-order valence-electron chi connectivity index (χ3n) is 4.63. The summed E-state index contributed by atoms with van der Waals surface area (Å²) in [6.45, 7) is 3.68. The molecule has 2 fully saturated rings. The number of hydrogen-bond donors (Lipinski definition) is 2. The Labute approximate surface area is 126 Å². The highest BCUT2D eigenvalue weighted by molar-refractivity contribution is 5.95. The fourth-order valence-corrected chi connectivity index (χ4v) is 3.11. The van der Waals surface area contributed by atoms with Gasteiger partial charge in [0, 0.05) is 12.2 Å². The Hall–Kier alpha value is -1.55. The SMILES string of the molecule is CC1(C(=O)Nc2ccc(OC3CCCC3)cc2)CCNC1. The first-order valence-electron chi connectivity index (χ1n) is 7.95. The molecule has 2 aliphatic rings. The van der Waals surface area contributed by atoms with Gasteiger partial charge in [-0.25, -0.2) is 0 Å². The van der Waals surface area contributed by atoms with Gasteiger partial charge in [-0.2, -0.15) is 0 Å². The van der Waals surface area contributed by atoms with Gasteiger partial charge in [0.05, 0.1) is 11.5 Å². The van der Waals surface area contributed by atoms with Gasteiger partial charge in [0.1, 0.15) is 5.75 Å². The van der Waals surface area contributed by atoms with E-state index in [0.29, 0.717) is 6.10 Å². The smallest absolute Gasteiger partial charge is 0.231 e. The van der Waals surface area contributed by atoms with Crippen LogP contribution in [-0.2, 0) is 4.79 Å². The van der Waals surface area contributed by atoms with Crippen molar-refractivity contribution in [3.63, 3.8) is 0 Å². The minimum atomic E-state index is -0.293. The van der Waals surface area contributed by atoms with Gasteiger partial charge >= 0.3 is 0 Å². The Morgan fingerprint density at radius 2 is 2.00 bits per heavy atom. The van der Waals surface area contributed by atoms with Crippen LogP contribution in [0, 0.1) is 5.41 Å². The number of carbonyl (C=O) groups is 1. The van der Waals surface area contributed by atoms with Crippen LogP contribution in [0.2, 0.25) is 0 Å². The lowest BCUT2D eigenvalue weighted by Gasteiger charge is -2.21. The summed E-state index contributed by atoms with van der Waals surface area (Å²) >= 11 is 0. The third kappa shape index (κ3) is 3.38. The lowest BCUT2D eigenvalue weighted by Crippen LogP contribution is -2.35. The molecule has 1 saturated heterocycles. The Kier molecular flexibility index (Phi) is 4.15. The predicted molar refractivity (Wildman–Crippen MR) is 83.5 cm³/mol. The first kappa shape index (κ1) is 14.4. The van der Waals surface area contributed by atoms with Crippen molar-refractivity contribution in [2.24, 2.45) is 5.41 Å². The molecular formula is C17H24N2O2. The second kappa shape index (κ2) is 6.06. The van der Waals surface area contributed by atoms with Crippen molar-refractivity contribution in [3.8, 4) is 5.75 Å². The molecule has 2 N–H and O–H groups in total. The lowest BCUT2D eigenvalue weighted by atomic mass is 9.89. The fourth-order valence-electron chi connectivity index (χ4n) is 3.11. The summed E-state index contributed by atoms with van der Waals surface area (Å²) in [7, 11) is 0. The quantitative estimate of drug-likeness (QED) is 0.895. The zero-order chi connectivity index (χ0) is 14.7. The van der Waals surface area contributed by atoms with Crippen LogP contribution < -0.4 is 15.4 Å². The van der Waals surface area contributed by atoms with E-state index in [1.807, 2.05) is 31.2 Å². The van der Waals surface area contributed by atoms with Gasteiger partial charge in [0.25, 0.3) is 0 Å². The number of benzene rings is 1.